The van der Waals surface area contributed by atoms with Crippen molar-refractivity contribution < 1.29 is 14.6 Å². The minimum Gasteiger partial charge on any atom is -0.496 e. The van der Waals surface area contributed by atoms with Gasteiger partial charge < -0.3 is 9.84 Å². The van der Waals surface area contributed by atoms with Crippen LogP contribution in [0.3, 0.4) is 0 Å². The normalized spacial score (nSPS) is 11.8. The van der Waals surface area contributed by atoms with E-state index in [1.165, 1.54) is 7.11 Å². The monoisotopic (exact) mass is 234 g/mol. The van der Waals surface area contributed by atoms with Crippen LogP contribution in [0.15, 0.2) is 24.3 Å². The number of benzene rings is 1. The van der Waals surface area contributed by atoms with Gasteiger partial charge in [0.15, 0.2) is 0 Å². The zero-order chi connectivity index (χ0) is 13.1. The van der Waals surface area contributed by atoms with Gasteiger partial charge in [0.2, 0.25) is 0 Å². The Balaban J connectivity index is 3.09. The summed E-state index contributed by atoms with van der Waals surface area (Å²) in [5, 5.41) is 9.05. The number of ether oxygens (including phenoxy) is 1. The fourth-order valence-corrected chi connectivity index (χ4v) is 1.34. The number of methoxy groups -OCH3 is 1. The van der Waals surface area contributed by atoms with E-state index in [1.807, 2.05) is 18.2 Å². The van der Waals surface area contributed by atoms with Crippen LogP contribution in [0.5, 0.6) is 5.75 Å². The second-order valence-electron chi connectivity index (χ2n) is 4.96. The van der Waals surface area contributed by atoms with E-state index in [-0.39, 0.29) is 11.0 Å². The number of carbonyl (C=O) groups is 1. The molecule has 1 rings (SSSR count). The maximum Gasteiger partial charge on any atom is 0.339 e. The number of hydrogen-bond donors (Lipinski definition) is 1. The van der Waals surface area contributed by atoms with E-state index in [0.717, 1.165) is 5.56 Å². The molecule has 0 saturated carbocycles. The molecular weight excluding hydrogens is 216 g/mol. The van der Waals surface area contributed by atoms with Gasteiger partial charge in [-0.05, 0) is 23.1 Å². The second-order valence-corrected chi connectivity index (χ2v) is 4.96. The van der Waals surface area contributed by atoms with Gasteiger partial charge in [-0.1, -0.05) is 39.0 Å². The lowest BCUT2D eigenvalue weighted by atomic mass is 9.95. The third-order valence-corrected chi connectivity index (χ3v) is 2.23. The summed E-state index contributed by atoms with van der Waals surface area (Å²) < 4.78 is 5.00. The van der Waals surface area contributed by atoms with Crippen molar-refractivity contribution in [2.45, 2.75) is 20.8 Å². The topological polar surface area (TPSA) is 46.5 Å². The van der Waals surface area contributed by atoms with Crippen LogP contribution in [0.1, 0.15) is 36.7 Å². The Hall–Kier alpha value is -1.77. The molecule has 1 N–H and O–H groups in total. The molecule has 0 atom stereocenters. The van der Waals surface area contributed by atoms with Gasteiger partial charge in [0.25, 0.3) is 0 Å². The molecule has 0 unspecified atom stereocenters. The van der Waals surface area contributed by atoms with Crippen molar-refractivity contribution in [3.63, 3.8) is 0 Å². The molecule has 0 aliphatic carbocycles. The number of aromatic carboxylic acids is 1. The lowest BCUT2D eigenvalue weighted by molar-refractivity contribution is 0.0693. The molecule has 3 nitrogen and oxygen atoms in total. The molecule has 0 saturated heterocycles. The van der Waals surface area contributed by atoms with Gasteiger partial charge in [0.1, 0.15) is 11.3 Å². The fourth-order valence-electron chi connectivity index (χ4n) is 1.34. The molecule has 0 amide bonds. The van der Waals surface area contributed by atoms with Crippen LogP contribution < -0.4 is 4.74 Å². The lowest BCUT2D eigenvalue weighted by Crippen LogP contribution is -2.01. The predicted molar refractivity (Wildman–Crippen MR) is 68.4 cm³/mol. The Morgan fingerprint density at radius 3 is 2.47 bits per heavy atom. The molecule has 0 fully saturated rings. The fraction of sp³-hybridized carbons (Fsp3) is 0.357. The molecule has 0 heterocycles. The minimum absolute atomic E-state index is 0.0727. The number of carboxylic acids is 1. The number of hydrogen-bond acceptors (Lipinski definition) is 2. The van der Waals surface area contributed by atoms with Gasteiger partial charge in [-0.25, -0.2) is 4.79 Å². The van der Waals surface area contributed by atoms with Crippen LogP contribution in [0.25, 0.3) is 6.08 Å². The number of rotatable bonds is 3. The zero-order valence-corrected chi connectivity index (χ0v) is 10.7. The largest absolute Gasteiger partial charge is 0.496 e. The van der Waals surface area contributed by atoms with Crippen molar-refractivity contribution in [1.82, 2.24) is 0 Å². The summed E-state index contributed by atoms with van der Waals surface area (Å²) in [6.45, 7) is 6.27. The van der Waals surface area contributed by atoms with Crippen molar-refractivity contribution in [2.24, 2.45) is 5.41 Å². The average Bonchev–Trinajstić information content (AvgIpc) is 2.25. The molecule has 0 bridgehead atoms. The highest BCUT2D eigenvalue weighted by atomic mass is 16.5. The summed E-state index contributed by atoms with van der Waals surface area (Å²) in [4.78, 5) is 11.0. The zero-order valence-electron chi connectivity index (χ0n) is 10.7. The highest BCUT2D eigenvalue weighted by Gasteiger charge is 2.11. The quantitative estimate of drug-likeness (QED) is 0.871. The van der Waals surface area contributed by atoms with E-state index in [2.05, 4.69) is 20.8 Å². The summed E-state index contributed by atoms with van der Waals surface area (Å²) in [6.07, 6.45) is 3.96. The summed E-state index contributed by atoms with van der Waals surface area (Å²) in [5.74, 6) is -0.599. The van der Waals surface area contributed by atoms with Gasteiger partial charge in [-0.3, -0.25) is 0 Å². The maximum atomic E-state index is 11.0. The Kier molecular flexibility index (Phi) is 3.94. The first-order valence-electron chi connectivity index (χ1n) is 5.44. The molecule has 0 aliphatic rings. The molecule has 3 heteroatoms. The predicted octanol–water partition coefficient (Wildman–Crippen LogP) is 3.45. The van der Waals surface area contributed by atoms with Crippen molar-refractivity contribution in [3.8, 4) is 5.75 Å². The van der Waals surface area contributed by atoms with Crippen molar-refractivity contribution in [1.29, 1.82) is 0 Å². The summed E-state index contributed by atoms with van der Waals surface area (Å²) >= 11 is 0. The standard InChI is InChI=1S/C14H18O3/c1-14(2,3)8-7-10-5-6-12(17-4)11(9-10)13(15)16/h5-9H,1-4H3,(H,15,16)/b8-7+. The molecule has 0 spiro atoms. The first-order chi connectivity index (χ1) is 7.83. The van der Waals surface area contributed by atoms with Gasteiger partial charge in [0, 0.05) is 0 Å². The van der Waals surface area contributed by atoms with Crippen LogP contribution in [0.2, 0.25) is 0 Å². The lowest BCUT2D eigenvalue weighted by Gasteiger charge is -2.11. The maximum absolute atomic E-state index is 11.0. The van der Waals surface area contributed by atoms with E-state index in [9.17, 15) is 4.79 Å². The van der Waals surface area contributed by atoms with Gasteiger partial charge in [-0.2, -0.15) is 0 Å². The van der Waals surface area contributed by atoms with Gasteiger partial charge in [0.05, 0.1) is 7.11 Å². The third kappa shape index (κ3) is 3.94. The van der Waals surface area contributed by atoms with E-state index < -0.39 is 5.97 Å². The minimum atomic E-state index is -0.979. The Labute approximate surface area is 102 Å². The van der Waals surface area contributed by atoms with Crippen LogP contribution >= 0.6 is 0 Å². The Bertz CT molecular complexity index is 439. The Morgan fingerprint density at radius 2 is 2.00 bits per heavy atom. The molecule has 0 aromatic heterocycles. The smallest absolute Gasteiger partial charge is 0.339 e. The summed E-state index contributed by atoms with van der Waals surface area (Å²) in [6, 6.07) is 5.13. The van der Waals surface area contributed by atoms with Crippen molar-refractivity contribution in [3.05, 3.63) is 35.4 Å². The van der Waals surface area contributed by atoms with E-state index in [4.69, 9.17) is 9.84 Å². The average molecular weight is 234 g/mol. The van der Waals surface area contributed by atoms with E-state index in [1.54, 1.807) is 12.1 Å². The molecule has 1 aromatic carbocycles. The SMILES string of the molecule is COc1ccc(/C=C/C(C)(C)C)cc1C(=O)O. The van der Waals surface area contributed by atoms with Crippen LogP contribution in [0.4, 0.5) is 0 Å². The second kappa shape index (κ2) is 5.04. The van der Waals surface area contributed by atoms with E-state index in [0.29, 0.717) is 5.75 Å². The van der Waals surface area contributed by atoms with Crippen LogP contribution in [-0.4, -0.2) is 18.2 Å². The van der Waals surface area contributed by atoms with Gasteiger partial charge in [-0.15, -0.1) is 0 Å². The summed E-state index contributed by atoms with van der Waals surface area (Å²) in [5.41, 5.74) is 1.12. The Morgan fingerprint density at radius 1 is 1.35 bits per heavy atom. The molecular formula is C14H18O3. The number of carboxylic acid groups (broad SMARTS) is 1. The highest BCUT2D eigenvalue weighted by Crippen LogP contribution is 2.22. The molecule has 0 aliphatic heterocycles. The van der Waals surface area contributed by atoms with Crippen molar-refractivity contribution >= 4 is 12.0 Å². The molecule has 17 heavy (non-hydrogen) atoms. The number of allylic oxidation sites excluding steroid dienone is 1. The van der Waals surface area contributed by atoms with Crippen molar-refractivity contribution in [2.75, 3.05) is 7.11 Å². The van der Waals surface area contributed by atoms with Crippen LogP contribution in [0, 0.1) is 5.41 Å². The summed E-state index contributed by atoms with van der Waals surface area (Å²) in [7, 11) is 1.46. The van der Waals surface area contributed by atoms with Crippen LogP contribution in [-0.2, 0) is 0 Å². The first-order valence-corrected chi connectivity index (χ1v) is 5.44. The van der Waals surface area contributed by atoms with Gasteiger partial charge >= 0.3 is 5.97 Å². The first kappa shape index (κ1) is 13.3. The highest BCUT2D eigenvalue weighted by molar-refractivity contribution is 5.91. The van der Waals surface area contributed by atoms with E-state index >= 15 is 0 Å². The third-order valence-electron chi connectivity index (χ3n) is 2.23. The molecule has 0 radical (unpaired) electrons. The molecule has 1 aromatic rings. The molecule has 92 valence electrons.